The summed E-state index contributed by atoms with van der Waals surface area (Å²) in [5.74, 6) is 0.634. The minimum Gasteiger partial charge on any atom is -0.490 e. The molecule has 1 aliphatic carbocycles. The van der Waals surface area contributed by atoms with E-state index in [9.17, 15) is 4.79 Å². The zero-order chi connectivity index (χ0) is 18.9. The van der Waals surface area contributed by atoms with Gasteiger partial charge in [-0.2, -0.15) is 0 Å². The molecule has 2 unspecified atom stereocenters. The van der Waals surface area contributed by atoms with Gasteiger partial charge in [-0.05, 0) is 63.1 Å². The van der Waals surface area contributed by atoms with Crippen LogP contribution in [-0.2, 0) is 14.9 Å². The van der Waals surface area contributed by atoms with Gasteiger partial charge in [0.25, 0.3) is 0 Å². The Bertz CT molecular complexity index is 650. The van der Waals surface area contributed by atoms with E-state index in [1.165, 1.54) is 19.3 Å². The smallest absolute Gasteiger partial charge is 0.228 e. The highest BCUT2D eigenvalue weighted by Crippen LogP contribution is 2.38. The number of amides is 1. The van der Waals surface area contributed by atoms with Gasteiger partial charge in [-0.25, -0.2) is 0 Å². The average molecular weight is 373 g/mol. The first-order valence-electron chi connectivity index (χ1n) is 10.5. The number of ether oxygens (including phenoxy) is 2. The molecule has 2 N–H and O–H groups in total. The standard InChI is InChI=1S/C22H32N2O3/c1-16-15-22(21(23)25,11-14-26-16)17-5-7-19(8-6-17)27-20-9-12-24(13-10-20)18-3-2-4-18/h5-8,16,18,20H,2-4,9-15H2,1H3,(H2,23,25). The van der Waals surface area contributed by atoms with E-state index in [1.807, 2.05) is 31.2 Å². The molecule has 1 saturated carbocycles. The van der Waals surface area contributed by atoms with Gasteiger partial charge in [-0.1, -0.05) is 18.6 Å². The van der Waals surface area contributed by atoms with E-state index < -0.39 is 5.41 Å². The van der Waals surface area contributed by atoms with Crippen LogP contribution in [0, 0.1) is 0 Å². The van der Waals surface area contributed by atoms with Crippen LogP contribution >= 0.6 is 0 Å². The number of primary amides is 1. The molecular formula is C22H32N2O3. The number of carbonyl (C=O) groups is 1. The maximum absolute atomic E-state index is 12.3. The fourth-order valence-corrected chi connectivity index (χ4v) is 4.87. The summed E-state index contributed by atoms with van der Waals surface area (Å²) in [7, 11) is 0. The van der Waals surface area contributed by atoms with Gasteiger partial charge in [0.1, 0.15) is 11.9 Å². The molecule has 4 rings (SSSR count). The number of nitrogens with zero attached hydrogens (tertiary/aromatic N) is 1. The number of hydrogen-bond donors (Lipinski definition) is 1. The summed E-state index contributed by atoms with van der Waals surface area (Å²) in [5.41, 5.74) is 6.17. The molecule has 2 atom stereocenters. The molecule has 0 aromatic heterocycles. The molecule has 2 aliphatic heterocycles. The van der Waals surface area contributed by atoms with Crippen LogP contribution in [0.2, 0.25) is 0 Å². The van der Waals surface area contributed by atoms with E-state index in [0.717, 1.165) is 43.3 Å². The summed E-state index contributed by atoms with van der Waals surface area (Å²) < 4.78 is 11.9. The minimum absolute atomic E-state index is 0.0445. The van der Waals surface area contributed by atoms with E-state index in [-0.39, 0.29) is 12.0 Å². The molecule has 2 heterocycles. The van der Waals surface area contributed by atoms with Crippen molar-refractivity contribution in [2.45, 2.75) is 75.5 Å². The Morgan fingerprint density at radius 3 is 2.44 bits per heavy atom. The summed E-state index contributed by atoms with van der Waals surface area (Å²) in [5, 5.41) is 0. The van der Waals surface area contributed by atoms with E-state index in [1.54, 1.807) is 0 Å². The van der Waals surface area contributed by atoms with Gasteiger partial charge < -0.3 is 20.1 Å². The van der Waals surface area contributed by atoms with Crippen molar-refractivity contribution in [1.82, 2.24) is 4.90 Å². The summed E-state index contributed by atoms with van der Waals surface area (Å²) >= 11 is 0. The predicted molar refractivity (Wildman–Crippen MR) is 105 cm³/mol. The molecule has 2 saturated heterocycles. The Hall–Kier alpha value is -1.59. The molecule has 0 radical (unpaired) electrons. The van der Waals surface area contributed by atoms with Crippen LogP contribution in [0.25, 0.3) is 0 Å². The number of likely N-dealkylation sites (tertiary alicyclic amines) is 1. The third-order valence-corrected chi connectivity index (χ3v) is 6.82. The van der Waals surface area contributed by atoms with Crippen molar-refractivity contribution in [1.29, 1.82) is 0 Å². The SMILES string of the molecule is CC1CC(C(N)=O)(c2ccc(OC3CCN(C4CCC4)CC3)cc2)CCO1. The van der Waals surface area contributed by atoms with Crippen molar-refractivity contribution in [2.24, 2.45) is 5.73 Å². The Labute approximate surface area is 162 Å². The number of benzene rings is 1. The van der Waals surface area contributed by atoms with Crippen LogP contribution in [0.1, 0.15) is 57.4 Å². The van der Waals surface area contributed by atoms with Crippen LogP contribution in [0.5, 0.6) is 5.75 Å². The number of piperidine rings is 1. The fraction of sp³-hybridized carbons (Fsp3) is 0.682. The molecule has 5 heteroatoms. The maximum atomic E-state index is 12.3. The van der Waals surface area contributed by atoms with Gasteiger partial charge >= 0.3 is 0 Å². The van der Waals surface area contributed by atoms with Gasteiger partial charge in [0, 0.05) is 25.7 Å². The first-order valence-corrected chi connectivity index (χ1v) is 10.5. The molecule has 148 valence electrons. The van der Waals surface area contributed by atoms with Crippen molar-refractivity contribution in [3.05, 3.63) is 29.8 Å². The zero-order valence-corrected chi connectivity index (χ0v) is 16.4. The largest absolute Gasteiger partial charge is 0.490 e. The monoisotopic (exact) mass is 372 g/mol. The zero-order valence-electron chi connectivity index (χ0n) is 16.4. The van der Waals surface area contributed by atoms with E-state index in [2.05, 4.69) is 4.90 Å². The molecule has 27 heavy (non-hydrogen) atoms. The Morgan fingerprint density at radius 2 is 1.89 bits per heavy atom. The van der Waals surface area contributed by atoms with E-state index in [4.69, 9.17) is 15.2 Å². The lowest BCUT2D eigenvalue weighted by atomic mass is 9.72. The number of nitrogens with two attached hydrogens (primary N) is 1. The van der Waals surface area contributed by atoms with Crippen LogP contribution in [0.3, 0.4) is 0 Å². The van der Waals surface area contributed by atoms with Crippen molar-refractivity contribution >= 4 is 5.91 Å². The van der Waals surface area contributed by atoms with Gasteiger partial charge in [0.2, 0.25) is 5.91 Å². The summed E-state index contributed by atoms with van der Waals surface area (Å²) in [4.78, 5) is 14.9. The summed E-state index contributed by atoms with van der Waals surface area (Å²) in [6, 6.07) is 8.86. The Morgan fingerprint density at radius 1 is 1.19 bits per heavy atom. The van der Waals surface area contributed by atoms with Crippen LogP contribution in [0.4, 0.5) is 0 Å². The van der Waals surface area contributed by atoms with E-state index >= 15 is 0 Å². The topological polar surface area (TPSA) is 64.8 Å². The van der Waals surface area contributed by atoms with Gasteiger partial charge in [0.05, 0.1) is 11.5 Å². The highest BCUT2D eigenvalue weighted by molar-refractivity contribution is 5.87. The van der Waals surface area contributed by atoms with Gasteiger partial charge in [-0.15, -0.1) is 0 Å². The van der Waals surface area contributed by atoms with Crippen molar-refractivity contribution in [2.75, 3.05) is 19.7 Å². The molecule has 3 aliphatic rings. The lowest BCUT2D eigenvalue weighted by Crippen LogP contribution is -2.47. The van der Waals surface area contributed by atoms with Crippen molar-refractivity contribution in [3.63, 3.8) is 0 Å². The van der Waals surface area contributed by atoms with Gasteiger partial charge in [-0.3, -0.25) is 4.79 Å². The lowest BCUT2D eigenvalue weighted by Gasteiger charge is -2.41. The van der Waals surface area contributed by atoms with E-state index in [0.29, 0.717) is 25.6 Å². The molecule has 3 fully saturated rings. The predicted octanol–water partition coefficient (Wildman–Crippen LogP) is 3.00. The molecule has 0 spiro atoms. The third-order valence-electron chi connectivity index (χ3n) is 6.82. The first kappa shape index (κ1) is 18.8. The molecule has 0 bridgehead atoms. The van der Waals surface area contributed by atoms with Crippen LogP contribution in [-0.4, -0.2) is 48.8 Å². The Balaban J connectivity index is 1.38. The normalized spacial score (nSPS) is 30.6. The molecular weight excluding hydrogens is 340 g/mol. The van der Waals surface area contributed by atoms with Crippen LogP contribution < -0.4 is 10.5 Å². The number of carbonyl (C=O) groups excluding carboxylic acids is 1. The fourth-order valence-electron chi connectivity index (χ4n) is 4.87. The second-order valence-electron chi connectivity index (χ2n) is 8.54. The van der Waals surface area contributed by atoms with Crippen molar-refractivity contribution in [3.8, 4) is 5.75 Å². The van der Waals surface area contributed by atoms with Crippen LogP contribution in [0.15, 0.2) is 24.3 Å². The molecule has 1 amide bonds. The quantitative estimate of drug-likeness (QED) is 0.863. The van der Waals surface area contributed by atoms with Gasteiger partial charge in [0.15, 0.2) is 0 Å². The summed E-state index contributed by atoms with van der Waals surface area (Å²) in [6.07, 6.45) is 7.95. The number of rotatable bonds is 5. The highest BCUT2D eigenvalue weighted by atomic mass is 16.5. The second kappa shape index (κ2) is 7.80. The molecule has 1 aromatic carbocycles. The molecule has 1 aromatic rings. The average Bonchev–Trinajstić information content (AvgIpc) is 2.62. The number of hydrogen-bond acceptors (Lipinski definition) is 4. The second-order valence-corrected chi connectivity index (χ2v) is 8.54. The maximum Gasteiger partial charge on any atom is 0.228 e. The Kier molecular flexibility index (Phi) is 5.42. The summed E-state index contributed by atoms with van der Waals surface area (Å²) in [6.45, 7) is 4.87. The molecule has 5 nitrogen and oxygen atoms in total. The third kappa shape index (κ3) is 3.85. The van der Waals surface area contributed by atoms with Crippen molar-refractivity contribution < 1.29 is 14.3 Å². The lowest BCUT2D eigenvalue weighted by molar-refractivity contribution is -0.129. The first-order chi connectivity index (χ1) is 13.1. The minimum atomic E-state index is -0.621. The highest BCUT2D eigenvalue weighted by Gasteiger charge is 2.42.